The number of rotatable bonds is 4. The molecule has 0 aliphatic heterocycles. The highest BCUT2D eigenvalue weighted by molar-refractivity contribution is 5.69. The van der Waals surface area contributed by atoms with E-state index in [-0.39, 0.29) is 12.3 Å². The Bertz CT molecular complexity index is 570. The second kappa shape index (κ2) is 5.70. The highest BCUT2D eigenvalue weighted by Gasteiger charge is 2.10. The lowest BCUT2D eigenvalue weighted by Crippen LogP contribution is -2.02. The molecule has 1 N–H and O–H groups in total. The molecule has 0 heterocycles. The number of benzene rings is 2. The number of hydrogen-bond acceptors (Lipinski definition) is 1. The molecule has 0 radical (unpaired) electrons. The van der Waals surface area contributed by atoms with Crippen LogP contribution in [0.3, 0.4) is 0 Å². The van der Waals surface area contributed by atoms with E-state index in [9.17, 15) is 4.79 Å². The molecular formula is C17H18O2. The van der Waals surface area contributed by atoms with Gasteiger partial charge in [0.15, 0.2) is 0 Å². The Morgan fingerprint density at radius 2 is 1.79 bits per heavy atom. The lowest BCUT2D eigenvalue weighted by Gasteiger charge is -2.11. The molecule has 0 spiro atoms. The van der Waals surface area contributed by atoms with Crippen molar-refractivity contribution in [2.75, 3.05) is 0 Å². The average Bonchev–Trinajstić information content (AvgIpc) is 2.39. The molecule has 0 aromatic heterocycles. The quantitative estimate of drug-likeness (QED) is 0.886. The Kier molecular flexibility index (Phi) is 4.00. The molecular weight excluding hydrogens is 236 g/mol. The number of carboxylic acids is 1. The van der Waals surface area contributed by atoms with E-state index in [1.165, 1.54) is 5.56 Å². The maximum absolute atomic E-state index is 10.8. The van der Waals surface area contributed by atoms with Gasteiger partial charge in [-0.25, -0.2) is 0 Å². The summed E-state index contributed by atoms with van der Waals surface area (Å²) in [5.74, 6) is -0.726. The van der Waals surface area contributed by atoms with Gasteiger partial charge < -0.3 is 5.11 Å². The Hall–Kier alpha value is -2.09. The summed E-state index contributed by atoms with van der Waals surface area (Å²) >= 11 is 0. The first kappa shape index (κ1) is 13.3. The summed E-state index contributed by atoms with van der Waals surface area (Å²) in [4.78, 5) is 10.8. The fraction of sp³-hybridized carbons (Fsp3) is 0.235. The van der Waals surface area contributed by atoms with Crippen molar-refractivity contribution >= 4 is 5.97 Å². The highest BCUT2D eigenvalue weighted by atomic mass is 16.4. The van der Waals surface area contributed by atoms with Crippen molar-refractivity contribution in [1.82, 2.24) is 0 Å². The van der Waals surface area contributed by atoms with Crippen LogP contribution in [0.4, 0.5) is 0 Å². The summed E-state index contributed by atoms with van der Waals surface area (Å²) in [5, 5.41) is 8.86. The molecule has 0 aliphatic rings. The number of hydrogen-bond donors (Lipinski definition) is 1. The molecule has 0 saturated heterocycles. The molecule has 0 bridgehead atoms. The molecule has 0 aliphatic carbocycles. The van der Waals surface area contributed by atoms with Crippen molar-refractivity contribution in [2.45, 2.75) is 26.2 Å². The molecule has 98 valence electrons. The third-order valence-electron chi connectivity index (χ3n) is 3.32. The molecule has 0 saturated carbocycles. The number of carboxylic acid groups (broad SMARTS) is 1. The van der Waals surface area contributed by atoms with Crippen LogP contribution in [0.2, 0.25) is 0 Å². The maximum atomic E-state index is 10.8. The van der Waals surface area contributed by atoms with Crippen LogP contribution in [0, 0.1) is 6.92 Å². The number of aliphatic carboxylic acids is 1. The highest BCUT2D eigenvalue weighted by Crippen LogP contribution is 2.26. The minimum absolute atomic E-state index is 0.0305. The summed E-state index contributed by atoms with van der Waals surface area (Å²) in [5.41, 5.74) is 4.60. The minimum Gasteiger partial charge on any atom is -0.481 e. The predicted octanol–water partition coefficient (Wildman–Crippen LogP) is 4.24. The second-order valence-corrected chi connectivity index (χ2v) is 4.99. The van der Waals surface area contributed by atoms with Gasteiger partial charge in [0.05, 0.1) is 6.42 Å². The monoisotopic (exact) mass is 254 g/mol. The Morgan fingerprint density at radius 3 is 2.42 bits per heavy atom. The van der Waals surface area contributed by atoms with Gasteiger partial charge in [-0.15, -0.1) is 0 Å². The van der Waals surface area contributed by atoms with Gasteiger partial charge in [-0.05, 0) is 29.5 Å². The first-order valence-electron chi connectivity index (χ1n) is 6.45. The fourth-order valence-corrected chi connectivity index (χ4v) is 2.15. The van der Waals surface area contributed by atoms with E-state index >= 15 is 0 Å². The van der Waals surface area contributed by atoms with E-state index in [1.807, 2.05) is 19.1 Å². The zero-order chi connectivity index (χ0) is 13.8. The van der Waals surface area contributed by atoms with Crippen molar-refractivity contribution in [2.24, 2.45) is 0 Å². The molecule has 19 heavy (non-hydrogen) atoms. The topological polar surface area (TPSA) is 37.3 Å². The van der Waals surface area contributed by atoms with Crippen LogP contribution in [-0.2, 0) is 4.79 Å². The molecule has 0 amide bonds. The molecule has 0 fully saturated rings. The van der Waals surface area contributed by atoms with Gasteiger partial charge >= 0.3 is 5.97 Å². The van der Waals surface area contributed by atoms with Gasteiger partial charge in [0, 0.05) is 0 Å². The molecule has 2 aromatic rings. The van der Waals surface area contributed by atoms with Crippen LogP contribution in [0.5, 0.6) is 0 Å². The summed E-state index contributed by atoms with van der Waals surface area (Å²) in [7, 11) is 0. The van der Waals surface area contributed by atoms with Crippen LogP contribution in [0.25, 0.3) is 11.1 Å². The normalized spacial score (nSPS) is 12.1. The molecule has 1 unspecified atom stereocenters. The summed E-state index contributed by atoms with van der Waals surface area (Å²) in [6.45, 7) is 4.01. The molecule has 2 aromatic carbocycles. The third-order valence-corrected chi connectivity index (χ3v) is 3.32. The van der Waals surface area contributed by atoms with Gasteiger partial charge in [-0.3, -0.25) is 4.79 Å². The average molecular weight is 254 g/mol. The largest absolute Gasteiger partial charge is 0.481 e. The number of aryl methyl sites for hydroxylation is 1. The molecule has 1 atom stereocenters. The summed E-state index contributed by atoms with van der Waals surface area (Å²) in [6, 6.07) is 16.5. The first-order chi connectivity index (χ1) is 9.06. The first-order valence-corrected chi connectivity index (χ1v) is 6.45. The van der Waals surface area contributed by atoms with Crippen LogP contribution in [0.1, 0.15) is 30.4 Å². The van der Waals surface area contributed by atoms with Crippen LogP contribution < -0.4 is 0 Å². The summed E-state index contributed by atoms with van der Waals surface area (Å²) in [6.07, 6.45) is 0.164. The zero-order valence-corrected chi connectivity index (χ0v) is 11.3. The molecule has 2 heteroatoms. The second-order valence-electron chi connectivity index (χ2n) is 4.99. The summed E-state index contributed by atoms with van der Waals surface area (Å²) < 4.78 is 0. The predicted molar refractivity (Wildman–Crippen MR) is 77.3 cm³/mol. The van der Waals surface area contributed by atoms with E-state index in [1.54, 1.807) is 0 Å². The van der Waals surface area contributed by atoms with Gasteiger partial charge in [-0.2, -0.15) is 0 Å². The Balaban J connectivity index is 2.28. The minimum atomic E-state index is -0.756. The molecule has 2 rings (SSSR count). The SMILES string of the molecule is Cc1ccc(-c2cccc(C(C)CC(=O)O)c2)cc1. The number of carbonyl (C=O) groups is 1. The van der Waals surface area contributed by atoms with E-state index < -0.39 is 5.97 Å². The van der Waals surface area contributed by atoms with Gasteiger partial charge in [0.2, 0.25) is 0 Å². The fourth-order valence-electron chi connectivity index (χ4n) is 2.15. The van der Waals surface area contributed by atoms with E-state index in [2.05, 4.69) is 43.3 Å². The zero-order valence-electron chi connectivity index (χ0n) is 11.3. The van der Waals surface area contributed by atoms with E-state index in [4.69, 9.17) is 5.11 Å². The maximum Gasteiger partial charge on any atom is 0.303 e. The van der Waals surface area contributed by atoms with Crippen LogP contribution >= 0.6 is 0 Å². The van der Waals surface area contributed by atoms with Crippen molar-refractivity contribution in [1.29, 1.82) is 0 Å². The van der Waals surface area contributed by atoms with Crippen LogP contribution in [0.15, 0.2) is 48.5 Å². The molecule has 2 nitrogen and oxygen atoms in total. The van der Waals surface area contributed by atoms with Gasteiger partial charge in [0.1, 0.15) is 0 Å². The lowest BCUT2D eigenvalue weighted by atomic mass is 9.94. The van der Waals surface area contributed by atoms with Crippen molar-refractivity contribution in [3.8, 4) is 11.1 Å². The lowest BCUT2D eigenvalue weighted by molar-refractivity contribution is -0.137. The Labute approximate surface area is 113 Å². The standard InChI is InChI=1S/C17H18O2/c1-12-6-8-14(9-7-12)16-5-3-4-15(11-16)13(2)10-17(18)19/h3-9,11,13H,10H2,1-2H3,(H,18,19). The van der Waals surface area contributed by atoms with Gasteiger partial charge in [-0.1, -0.05) is 61.0 Å². The Morgan fingerprint density at radius 1 is 1.11 bits per heavy atom. The smallest absolute Gasteiger partial charge is 0.303 e. The van der Waals surface area contributed by atoms with E-state index in [0.29, 0.717) is 0 Å². The van der Waals surface area contributed by atoms with E-state index in [0.717, 1.165) is 16.7 Å². The van der Waals surface area contributed by atoms with Crippen molar-refractivity contribution in [3.05, 3.63) is 59.7 Å². The van der Waals surface area contributed by atoms with Crippen molar-refractivity contribution in [3.63, 3.8) is 0 Å². The van der Waals surface area contributed by atoms with Crippen LogP contribution in [-0.4, -0.2) is 11.1 Å². The van der Waals surface area contributed by atoms with Gasteiger partial charge in [0.25, 0.3) is 0 Å². The third kappa shape index (κ3) is 3.44. The van der Waals surface area contributed by atoms with Crippen molar-refractivity contribution < 1.29 is 9.90 Å².